The van der Waals surface area contributed by atoms with Crippen molar-refractivity contribution >= 4 is 29.3 Å². The Morgan fingerprint density at radius 2 is 1.62 bits per heavy atom. The number of aryl methyl sites for hydroxylation is 1. The monoisotopic (exact) mass is 572 g/mol. The number of carbonyl (C=O) groups excluding carboxylic acids is 2. The van der Waals surface area contributed by atoms with E-state index in [1.807, 2.05) is 68.4 Å². The second kappa shape index (κ2) is 14.5. The van der Waals surface area contributed by atoms with Gasteiger partial charge in [0, 0.05) is 17.8 Å². The molecule has 1 fully saturated rings. The molecule has 9 nitrogen and oxygen atoms in total. The minimum absolute atomic E-state index is 0.0118. The number of benzene rings is 3. The number of rotatable bonds is 11. The smallest absolute Gasteiger partial charge is 0.323 e. The molecule has 1 saturated heterocycles. The number of ether oxygens (including phenoxy) is 1. The first-order valence-corrected chi connectivity index (χ1v) is 14.3. The molecular weight excluding hydrogens is 532 g/mol. The number of likely N-dealkylation sites (tertiary alicyclic amines) is 1. The summed E-state index contributed by atoms with van der Waals surface area (Å²) in [6.07, 6.45) is 2.01. The Morgan fingerprint density at radius 1 is 0.952 bits per heavy atom. The van der Waals surface area contributed by atoms with Gasteiger partial charge in [0.2, 0.25) is 5.91 Å². The lowest BCUT2D eigenvalue weighted by atomic mass is 9.88. The molecule has 2 atom stereocenters. The first-order chi connectivity index (χ1) is 20.2. The molecule has 0 saturated carbocycles. The van der Waals surface area contributed by atoms with Crippen LogP contribution in [-0.4, -0.2) is 54.2 Å². The maximum atomic E-state index is 12.9. The van der Waals surface area contributed by atoms with Gasteiger partial charge in [-0.1, -0.05) is 54.6 Å². The molecular formula is C33H40N4O5. The van der Waals surface area contributed by atoms with Crippen LogP contribution in [0, 0.1) is 12.8 Å². The van der Waals surface area contributed by atoms with Crippen LogP contribution in [0.1, 0.15) is 48.9 Å². The van der Waals surface area contributed by atoms with Gasteiger partial charge in [0.25, 0.3) is 0 Å². The molecule has 4 rings (SSSR count). The van der Waals surface area contributed by atoms with E-state index in [2.05, 4.69) is 20.9 Å². The van der Waals surface area contributed by atoms with Crippen LogP contribution >= 0.6 is 0 Å². The Hall–Kier alpha value is -4.37. The first kappa shape index (κ1) is 30.6. The Balaban J connectivity index is 1.28. The molecule has 2 unspecified atom stereocenters. The Kier molecular flexibility index (Phi) is 10.6. The van der Waals surface area contributed by atoms with Crippen molar-refractivity contribution in [1.82, 2.24) is 10.2 Å². The Morgan fingerprint density at radius 3 is 2.29 bits per heavy atom. The highest BCUT2D eigenvalue weighted by molar-refractivity contribution is 6.01. The van der Waals surface area contributed by atoms with Crippen molar-refractivity contribution in [3.8, 4) is 5.75 Å². The van der Waals surface area contributed by atoms with Crippen molar-refractivity contribution in [1.29, 1.82) is 0 Å². The number of amides is 3. The van der Waals surface area contributed by atoms with Gasteiger partial charge in [0.1, 0.15) is 5.75 Å². The number of hydrogen-bond donors (Lipinski definition) is 4. The zero-order valence-corrected chi connectivity index (χ0v) is 24.4. The summed E-state index contributed by atoms with van der Waals surface area (Å²) >= 11 is 0. The van der Waals surface area contributed by atoms with Gasteiger partial charge in [-0.15, -0.1) is 0 Å². The lowest BCUT2D eigenvalue weighted by molar-refractivity contribution is -0.138. The summed E-state index contributed by atoms with van der Waals surface area (Å²) in [6, 6.07) is 22.1. The van der Waals surface area contributed by atoms with Crippen LogP contribution in [0.2, 0.25) is 0 Å². The molecule has 1 aliphatic heterocycles. The largest absolute Gasteiger partial charge is 0.495 e. The number of piperidine rings is 1. The van der Waals surface area contributed by atoms with E-state index in [0.717, 1.165) is 48.3 Å². The number of nitrogens with one attached hydrogen (secondary N) is 3. The predicted molar refractivity (Wildman–Crippen MR) is 164 cm³/mol. The first-order valence-electron chi connectivity index (χ1n) is 14.3. The predicted octanol–water partition coefficient (Wildman–Crippen LogP) is 5.62. The number of carbonyl (C=O) groups is 3. The number of anilines is 2. The fourth-order valence-corrected chi connectivity index (χ4v) is 5.58. The normalized spacial score (nSPS) is 15.3. The Labute approximate surface area is 247 Å². The van der Waals surface area contributed by atoms with E-state index in [4.69, 9.17) is 4.74 Å². The zero-order valence-electron chi connectivity index (χ0n) is 24.4. The summed E-state index contributed by atoms with van der Waals surface area (Å²) in [4.78, 5) is 39.3. The lowest BCUT2D eigenvalue weighted by Gasteiger charge is -2.39. The molecule has 222 valence electrons. The minimum atomic E-state index is -0.808. The zero-order chi connectivity index (χ0) is 30.1. The SMILES string of the molecule is COc1cc(CC(=O)NC(C)C2CCN(C(CC(=O)O)c3ccccc3)CC2)ccc1NC(=O)Nc1ccccc1C. The maximum absolute atomic E-state index is 12.9. The van der Waals surface area contributed by atoms with Crippen LogP contribution in [-0.2, 0) is 16.0 Å². The third-order valence-electron chi connectivity index (χ3n) is 7.94. The second-order valence-corrected chi connectivity index (χ2v) is 10.9. The van der Waals surface area contributed by atoms with Crippen molar-refractivity contribution in [3.63, 3.8) is 0 Å². The molecule has 0 aromatic heterocycles. The van der Waals surface area contributed by atoms with E-state index in [0.29, 0.717) is 17.4 Å². The van der Waals surface area contributed by atoms with Gasteiger partial charge >= 0.3 is 12.0 Å². The van der Waals surface area contributed by atoms with Gasteiger partial charge in [0.15, 0.2) is 0 Å². The van der Waals surface area contributed by atoms with Gasteiger partial charge in [-0.2, -0.15) is 0 Å². The molecule has 1 aliphatic rings. The Bertz CT molecular complexity index is 1370. The van der Waals surface area contributed by atoms with Crippen LogP contribution in [0.25, 0.3) is 0 Å². The number of methoxy groups -OCH3 is 1. The van der Waals surface area contributed by atoms with Crippen LogP contribution in [0.3, 0.4) is 0 Å². The maximum Gasteiger partial charge on any atom is 0.323 e. The van der Waals surface area contributed by atoms with Gasteiger partial charge in [0.05, 0.1) is 25.6 Å². The molecule has 0 aliphatic carbocycles. The number of carboxylic acids is 1. The summed E-state index contributed by atoms with van der Waals surface area (Å²) in [6.45, 7) is 5.51. The van der Waals surface area contributed by atoms with Gasteiger partial charge < -0.3 is 25.8 Å². The molecule has 42 heavy (non-hydrogen) atoms. The van der Waals surface area contributed by atoms with Crippen molar-refractivity contribution < 1.29 is 24.2 Å². The second-order valence-electron chi connectivity index (χ2n) is 10.9. The third-order valence-corrected chi connectivity index (χ3v) is 7.94. The summed E-state index contributed by atoms with van der Waals surface area (Å²) in [5.41, 5.74) is 3.97. The van der Waals surface area contributed by atoms with Gasteiger partial charge in [-0.3, -0.25) is 14.5 Å². The molecule has 0 spiro atoms. The van der Waals surface area contributed by atoms with E-state index in [-0.39, 0.29) is 36.9 Å². The van der Waals surface area contributed by atoms with Crippen molar-refractivity contribution in [2.75, 3.05) is 30.8 Å². The molecule has 9 heteroatoms. The number of carboxylic acid groups (broad SMARTS) is 1. The highest BCUT2D eigenvalue weighted by Gasteiger charge is 2.30. The van der Waals surface area contributed by atoms with E-state index >= 15 is 0 Å². The molecule has 3 amide bonds. The number of hydrogen-bond acceptors (Lipinski definition) is 5. The van der Waals surface area contributed by atoms with Crippen LogP contribution < -0.4 is 20.7 Å². The fourth-order valence-electron chi connectivity index (χ4n) is 5.58. The van der Waals surface area contributed by atoms with Crippen molar-refractivity contribution in [3.05, 3.63) is 89.5 Å². The summed E-state index contributed by atoms with van der Waals surface area (Å²) in [5, 5.41) is 18.3. The van der Waals surface area contributed by atoms with Crippen LogP contribution in [0.5, 0.6) is 5.75 Å². The van der Waals surface area contributed by atoms with E-state index in [1.165, 1.54) is 7.11 Å². The summed E-state index contributed by atoms with van der Waals surface area (Å²) in [5.74, 6) is -0.120. The molecule has 1 heterocycles. The highest BCUT2D eigenvalue weighted by Crippen LogP contribution is 2.31. The summed E-state index contributed by atoms with van der Waals surface area (Å²) < 4.78 is 5.49. The molecule has 4 N–H and O–H groups in total. The van der Waals surface area contributed by atoms with Crippen molar-refractivity contribution in [2.45, 2.75) is 51.6 Å². The minimum Gasteiger partial charge on any atom is -0.495 e. The third kappa shape index (κ3) is 8.33. The van der Waals surface area contributed by atoms with Gasteiger partial charge in [-0.25, -0.2) is 4.79 Å². The van der Waals surface area contributed by atoms with Crippen LogP contribution in [0.4, 0.5) is 16.2 Å². The number of urea groups is 1. The molecule has 0 radical (unpaired) electrons. The van der Waals surface area contributed by atoms with E-state index < -0.39 is 5.97 Å². The quantitative estimate of drug-likeness (QED) is 0.237. The molecule has 3 aromatic rings. The van der Waals surface area contributed by atoms with Crippen molar-refractivity contribution in [2.24, 2.45) is 5.92 Å². The molecule has 3 aromatic carbocycles. The van der Waals surface area contributed by atoms with Crippen LogP contribution in [0.15, 0.2) is 72.8 Å². The lowest BCUT2D eigenvalue weighted by Crippen LogP contribution is -2.45. The highest BCUT2D eigenvalue weighted by atomic mass is 16.5. The average molecular weight is 573 g/mol. The summed E-state index contributed by atoms with van der Waals surface area (Å²) in [7, 11) is 1.52. The van der Waals surface area contributed by atoms with E-state index in [1.54, 1.807) is 18.2 Å². The standard InChI is InChI=1S/C33H40N4O5/c1-22-9-7-8-12-27(22)35-33(41)36-28-14-13-24(19-30(28)42-3)20-31(38)34-23(2)25-15-17-37(18-16-25)29(21-32(39)40)26-10-5-4-6-11-26/h4-14,19,23,25,29H,15-18,20-21H2,1-3H3,(H,34,38)(H,39,40)(H2,35,36,41). The average Bonchev–Trinajstić information content (AvgIpc) is 2.98. The number of para-hydroxylation sites is 1. The number of nitrogens with zero attached hydrogens (tertiary/aromatic N) is 1. The number of aliphatic carboxylic acids is 1. The van der Waals surface area contributed by atoms with E-state index in [9.17, 15) is 19.5 Å². The van der Waals surface area contributed by atoms with Gasteiger partial charge in [-0.05, 0) is 80.6 Å². The topological polar surface area (TPSA) is 120 Å². The molecule has 0 bridgehead atoms. The fraction of sp³-hybridized carbons (Fsp3) is 0.364.